The first-order chi connectivity index (χ1) is 8.72. The van der Waals surface area contributed by atoms with Gasteiger partial charge in [-0.1, -0.05) is 18.5 Å². The maximum absolute atomic E-state index is 5.84. The van der Waals surface area contributed by atoms with E-state index in [4.69, 9.17) is 21.1 Å². The average Bonchev–Trinajstić information content (AvgIpc) is 2.94. The molecule has 0 amide bonds. The molecule has 2 unspecified atom stereocenters. The minimum absolute atomic E-state index is 0.0195. The maximum atomic E-state index is 5.84. The first-order valence-electron chi connectivity index (χ1n) is 5.63. The second-order valence-corrected chi connectivity index (χ2v) is 6.03. The van der Waals surface area contributed by atoms with Crippen LogP contribution in [0.5, 0.6) is 6.01 Å². The van der Waals surface area contributed by atoms with Crippen LogP contribution in [-0.4, -0.2) is 21.8 Å². The Balaban J connectivity index is 1.60. The molecule has 2 aromatic rings. The summed E-state index contributed by atoms with van der Waals surface area (Å²) in [6.45, 7) is 3.32. The summed E-state index contributed by atoms with van der Waals surface area (Å²) in [6, 6.07) is 4.12. The fraction of sp³-hybridized carbons (Fsp3) is 0.455. The number of H-pyrrole nitrogens is 1. The molecule has 0 bridgehead atoms. The van der Waals surface area contributed by atoms with Gasteiger partial charge in [0.05, 0.1) is 10.9 Å². The largest absolute Gasteiger partial charge is 0.457 e. The molecule has 1 aliphatic rings. The first-order valence-corrected chi connectivity index (χ1v) is 6.83. The highest BCUT2D eigenvalue weighted by atomic mass is 35.5. The van der Waals surface area contributed by atoms with Crippen LogP contribution in [0.15, 0.2) is 12.1 Å². The summed E-state index contributed by atoms with van der Waals surface area (Å²) in [6.07, 6.45) is 0.0195. The highest BCUT2D eigenvalue weighted by Crippen LogP contribution is 2.33. The topological polar surface area (TPSA) is 60.0 Å². The zero-order valence-electron chi connectivity index (χ0n) is 9.72. The molecule has 1 aliphatic heterocycles. The molecule has 2 aromatic heterocycles. The Hall–Kier alpha value is -1.11. The van der Waals surface area contributed by atoms with E-state index in [1.165, 1.54) is 11.3 Å². The third kappa shape index (κ3) is 2.36. The Morgan fingerprint density at radius 2 is 2.50 bits per heavy atom. The highest BCUT2D eigenvalue weighted by molar-refractivity contribution is 7.16. The van der Waals surface area contributed by atoms with E-state index in [2.05, 4.69) is 22.1 Å². The van der Waals surface area contributed by atoms with E-state index >= 15 is 0 Å². The van der Waals surface area contributed by atoms with Gasteiger partial charge < -0.3 is 9.47 Å². The molecule has 3 heterocycles. The van der Waals surface area contributed by atoms with Gasteiger partial charge in [-0.05, 0) is 12.1 Å². The van der Waals surface area contributed by atoms with Crippen LogP contribution >= 0.6 is 22.9 Å². The van der Waals surface area contributed by atoms with Gasteiger partial charge in [-0.3, -0.25) is 5.10 Å². The molecule has 0 aliphatic carbocycles. The summed E-state index contributed by atoms with van der Waals surface area (Å²) >= 11 is 7.33. The molecule has 7 heteroatoms. The molecule has 1 saturated heterocycles. The predicted molar refractivity (Wildman–Crippen MR) is 67.9 cm³/mol. The molecule has 2 atom stereocenters. The van der Waals surface area contributed by atoms with Crippen molar-refractivity contribution in [3.8, 4) is 6.01 Å². The van der Waals surface area contributed by atoms with Crippen molar-refractivity contribution < 1.29 is 9.47 Å². The minimum Gasteiger partial charge on any atom is -0.457 e. The van der Waals surface area contributed by atoms with Gasteiger partial charge >= 0.3 is 6.01 Å². The van der Waals surface area contributed by atoms with Crippen molar-refractivity contribution in [1.82, 2.24) is 15.2 Å². The Bertz CT molecular complexity index is 542. The molecular formula is C11H12ClN3O2S. The number of hydrogen-bond acceptors (Lipinski definition) is 5. The Morgan fingerprint density at radius 3 is 3.11 bits per heavy atom. The van der Waals surface area contributed by atoms with Crippen molar-refractivity contribution in [2.75, 3.05) is 6.61 Å². The fourth-order valence-electron chi connectivity index (χ4n) is 1.75. The number of thiophene rings is 1. The van der Waals surface area contributed by atoms with Crippen LogP contribution < -0.4 is 4.74 Å². The fourth-order valence-corrected chi connectivity index (χ4v) is 2.75. The second-order valence-electron chi connectivity index (χ2n) is 4.23. The van der Waals surface area contributed by atoms with Crippen molar-refractivity contribution in [2.45, 2.75) is 19.6 Å². The van der Waals surface area contributed by atoms with Crippen molar-refractivity contribution in [3.05, 3.63) is 27.2 Å². The smallest absolute Gasteiger partial charge is 0.335 e. The van der Waals surface area contributed by atoms with Crippen molar-refractivity contribution in [1.29, 1.82) is 0 Å². The maximum Gasteiger partial charge on any atom is 0.335 e. The van der Waals surface area contributed by atoms with Gasteiger partial charge in [-0.2, -0.15) is 4.98 Å². The predicted octanol–water partition coefficient (Wildman–Crippen LogP) is 2.81. The quantitative estimate of drug-likeness (QED) is 0.938. The lowest BCUT2D eigenvalue weighted by molar-refractivity contribution is -0.114. The summed E-state index contributed by atoms with van der Waals surface area (Å²) in [4.78, 5) is 5.30. The number of aromatic nitrogens is 3. The van der Waals surface area contributed by atoms with Crippen LogP contribution in [0.2, 0.25) is 4.34 Å². The van der Waals surface area contributed by atoms with E-state index in [0.717, 1.165) is 21.6 Å². The second kappa shape index (κ2) is 4.87. The van der Waals surface area contributed by atoms with Gasteiger partial charge in [-0.15, -0.1) is 16.4 Å². The van der Waals surface area contributed by atoms with E-state index in [1.54, 1.807) is 0 Å². The van der Waals surface area contributed by atoms with Crippen LogP contribution in [0.3, 0.4) is 0 Å². The van der Waals surface area contributed by atoms with Gasteiger partial charge in [0, 0.05) is 10.8 Å². The van der Waals surface area contributed by atoms with Crippen LogP contribution in [0.4, 0.5) is 0 Å². The third-order valence-corrected chi connectivity index (χ3v) is 3.98. The van der Waals surface area contributed by atoms with E-state index in [1.807, 2.05) is 12.1 Å². The van der Waals surface area contributed by atoms with Crippen molar-refractivity contribution in [3.63, 3.8) is 0 Å². The first kappa shape index (κ1) is 12.0. The molecule has 18 heavy (non-hydrogen) atoms. The SMILES string of the molecule is CC1COC1c1nc(OCc2ccc(Cl)s2)n[nH]1. The van der Waals surface area contributed by atoms with E-state index in [-0.39, 0.29) is 6.10 Å². The van der Waals surface area contributed by atoms with Crippen LogP contribution in [0.1, 0.15) is 23.7 Å². The Labute approximate surface area is 113 Å². The number of nitrogens with zero attached hydrogens (tertiary/aromatic N) is 2. The van der Waals surface area contributed by atoms with E-state index in [0.29, 0.717) is 18.5 Å². The minimum atomic E-state index is 0.0195. The van der Waals surface area contributed by atoms with Crippen molar-refractivity contribution >= 4 is 22.9 Å². The molecular weight excluding hydrogens is 274 g/mol. The van der Waals surface area contributed by atoms with E-state index in [9.17, 15) is 0 Å². The Kier molecular flexibility index (Phi) is 3.23. The van der Waals surface area contributed by atoms with Gasteiger partial charge in [0.25, 0.3) is 0 Å². The molecule has 0 radical (unpaired) electrons. The van der Waals surface area contributed by atoms with E-state index < -0.39 is 0 Å². The van der Waals surface area contributed by atoms with Gasteiger partial charge in [-0.25, -0.2) is 0 Å². The normalized spacial score (nSPS) is 22.8. The molecule has 0 spiro atoms. The summed E-state index contributed by atoms with van der Waals surface area (Å²) in [5, 5.41) is 6.85. The van der Waals surface area contributed by atoms with Gasteiger partial charge in [0.1, 0.15) is 12.7 Å². The van der Waals surface area contributed by atoms with Crippen LogP contribution in [-0.2, 0) is 11.3 Å². The third-order valence-electron chi connectivity index (χ3n) is 2.78. The number of rotatable bonds is 4. The lowest BCUT2D eigenvalue weighted by Gasteiger charge is -2.31. The summed E-state index contributed by atoms with van der Waals surface area (Å²) in [7, 11) is 0. The standard InChI is InChI=1S/C11H12ClN3O2S/c1-6-4-16-9(6)10-13-11(15-14-10)17-5-7-2-3-8(12)18-7/h2-3,6,9H,4-5H2,1H3,(H,13,14,15). The zero-order chi connectivity index (χ0) is 12.5. The molecule has 5 nitrogen and oxygen atoms in total. The number of halogens is 1. The zero-order valence-corrected chi connectivity index (χ0v) is 11.3. The van der Waals surface area contributed by atoms with Crippen LogP contribution in [0.25, 0.3) is 0 Å². The summed E-state index contributed by atoms with van der Waals surface area (Å²) in [5.41, 5.74) is 0. The molecule has 0 saturated carbocycles. The molecule has 1 N–H and O–H groups in total. The monoisotopic (exact) mass is 285 g/mol. The lowest BCUT2D eigenvalue weighted by Crippen LogP contribution is -2.30. The van der Waals surface area contributed by atoms with Crippen LogP contribution in [0, 0.1) is 5.92 Å². The van der Waals surface area contributed by atoms with Crippen molar-refractivity contribution in [2.24, 2.45) is 5.92 Å². The number of ether oxygens (including phenoxy) is 2. The average molecular weight is 286 g/mol. The Morgan fingerprint density at radius 1 is 1.61 bits per heavy atom. The lowest BCUT2D eigenvalue weighted by atomic mass is 10.0. The summed E-state index contributed by atoms with van der Waals surface area (Å²) in [5.74, 6) is 1.20. The molecule has 96 valence electrons. The number of nitrogens with one attached hydrogen (secondary N) is 1. The number of aromatic amines is 1. The van der Waals surface area contributed by atoms with Gasteiger partial charge in [0.15, 0.2) is 5.82 Å². The molecule has 1 fully saturated rings. The molecule has 0 aromatic carbocycles. The number of hydrogen-bond donors (Lipinski definition) is 1. The van der Waals surface area contributed by atoms with Gasteiger partial charge in [0.2, 0.25) is 0 Å². The summed E-state index contributed by atoms with van der Waals surface area (Å²) < 4.78 is 11.6. The highest BCUT2D eigenvalue weighted by Gasteiger charge is 2.32. The molecule has 3 rings (SSSR count).